The Labute approximate surface area is 176 Å². The van der Waals surface area contributed by atoms with Crippen molar-refractivity contribution >= 4 is 35.1 Å². The van der Waals surface area contributed by atoms with Crippen LogP contribution in [-0.2, 0) is 5.75 Å². The smallest absolute Gasteiger partial charge is 0.251 e. The molecule has 150 valence electrons. The SMILES string of the molecule is CC(C)CNC(=O)c1ccc(CSc2nc(Cl)cc(N3CCCCC3)n2)cc1. The van der Waals surface area contributed by atoms with Crippen molar-refractivity contribution in [3.63, 3.8) is 0 Å². The summed E-state index contributed by atoms with van der Waals surface area (Å²) >= 11 is 7.78. The largest absolute Gasteiger partial charge is 0.356 e. The van der Waals surface area contributed by atoms with Crippen molar-refractivity contribution in [2.75, 3.05) is 24.5 Å². The van der Waals surface area contributed by atoms with Gasteiger partial charge >= 0.3 is 0 Å². The minimum Gasteiger partial charge on any atom is -0.356 e. The van der Waals surface area contributed by atoms with Gasteiger partial charge in [-0.05, 0) is 42.9 Å². The van der Waals surface area contributed by atoms with Crippen molar-refractivity contribution in [2.24, 2.45) is 5.92 Å². The van der Waals surface area contributed by atoms with E-state index in [4.69, 9.17) is 11.6 Å². The average Bonchev–Trinajstić information content (AvgIpc) is 2.71. The van der Waals surface area contributed by atoms with Crippen LogP contribution in [0.2, 0.25) is 5.15 Å². The van der Waals surface area contributed by atoms with Crippen molar-refractivity contribution in [1.82, 2.24) is 15.3 Å². The van der Waals surface area contributed by atoms with Crippen LogP contribution in [-0.4, -0.2) is 35.5 Å². The second-order valence-electron chi connectivity index (χ2n) is 7.47. The number of benzene rings is 1. The lowest BCUT2D eigenvalue weighted by Crippen LogP contribution is -2.30. The van der Waals surface area contributed by atoms with Gasteiger partial charge in [0.25, 0.3) is 5.91 Å². The lowest BCUT2D eigenvalue weighted by atomic mass is 10.1. The molecule has 2 aromatic rings. The summed E-state index contributed by atoms with van der Waals surface area (Å²) in [6, 6.07) is 9.54. The zero-order valence-corrected chi connectivity index (χ0v) is 18.0. The first-order valence-electron chi connectivity index (χ1n) is 9.81. The van der Waals surface area contributed by atoms with Crippen LogP contribution < -0.4 is 10.2 Å². The third-order valence-corrected chi connectivity index (χ3v) is 5.71. The van der Waals surface area contributed by atoms with Crippen LogP contribution in [0.4, 0.5) is 5.82 Å². The fourth-order valence-corrected chi connectivity index (χ4v) is 4.07. The van der Waals surface area contributed by atoms with Gasteiger partial charge in [-0.3, -0.25) is 4.79 Å². The second kappa shape index (κ2) is 10.1. The Bertz CT molecular complexity index is 791. The van der Waals surface area contributed by atoms with Crippen molar-refractivity contribution in [3.8, 4) is 0 Å². The van der Waals surface area contributed by atoms with E-state index in [-0.39, 0.29) is 5.91 Å². The normalized spacial score (nSPS) is 14.4. The summed E-state index contributed by atoms with van der Waals surface area (Å²) in [4.78, 5) is 23.4. The molecule has 0 spiro atoms. The molecule has 3 rings (SSSR count). The molecular weight excluding hydrogens is 392 g/mol. The van der Waals surface area contributed by atoms with Crippen molar-refractivity contribution in [2.45, 2.75) is 44.0 Å². The van der Waals surface area contributed by atoms with E-state index in [0.717, 1.165) is 30.2 Å². The van der Waals surface area contributed by atoms with Crippen LogP contribution in [0.1, 0.15) is 49.0 Å². The molecule has 1 fully saturated rings. The molecule has 1 N–H and O–H groups in total. The van der Waals surface area contributed by atoms with Gasteiger partial charge in [-0.15, -0.1) is 0 Å². The Morgan fingerprint density at radius 3 is 2.57 bits per heavy atom. The molecule has 5 nitrogen and oxygen atoms in total. The maximum atomic E-state index is 12.1. The van der Waals surface area contributed by atoms with Crippen molar-refractivity contribution in [1.29, 1.82) is 0 Å². The molecule has 7 heteroatoms. The van der Waals surface area contributed by atoms with Crippen LogP contribution in [0, 0.1) is 5.92 Å². The molecule has 0 bridgehead atoms. The van der Waals surface area contributed by atoms with E-state index < -0.39 is 0 Å². The van der Waals surface area contributed by atoms with E-state index >= 15 is 0 Å². The number of aromatic nitrogens is 2. The minimum atomic E-state index is -0.0303. The maximum absolute atomic E-state index is 12.1. The Morgan fingerprint density at radius 2 is 1.89 bits per heavy atom. The number of carbonyl (C=O) groups is 1. The molecule has 28 heavy (non-hydrogen) atoms. The minimum absolute atomic E-state index is 0.0303. The highest BCUT2D eigenvalue weighted by Gasteiger charge is 2.14. The summed E-state index contributed by atoms with van der Waals surface area (Å²) in [6.07, 6.45) is 3.67. The first kappa shape index (κ1) is 20.9. The molecule has 0 saturated carbocycles. The molecular formula is C21H27ClN4OS. The van der Waals surface area contributed by atoms with Crippen LogP contribution in [0.3, 0.4) is 0 Å². The number of anilines is 1. The van der Waals surface area contributed by atoms with Crippen molar-refractivity contribution < 1.29 is 4.79 Å². The van der Waals surface area contributed by atoms with E-state index in [1.54, 1.807) is 11.8 Å². The fourth-order valence-electron chi connectivity index (χ4n) is 3.03. The molecule has 1 aromatic carbocycles. The van der Waals surface area contributed by atoms with E-state index in [1.807, 2.05) is 30.3 Å². The summed E-state index contributed by atoms with van der Waals surface area (Å²) in [5, 5.41) is 4.10. The number of piperidine rings is 1. The van der Waals surface area contributed by atoms with Gasteiger partial charge in [0.2, 0.25) is 0 Å². The maximum Gasteiger partial charge on any atom is 0.251 e. The number of halogens is 1. The van der Waals surface area contributed by atoms with E-state index in [2.05, 4.69) is 34.0 Å². The molecule has 1 amide bonds. The van der Waals surface area contributed by atoms with Gasteiger partial charge in [-0.1, -0.05) is 49.3 Å². The van der Waals surface area contributed by atoms with E-state index in [9.17, 15) is 4.79 Å². The van der Waals surface area contributed by atoms with Crippen LogP contribution >= 0.6 is 23.4 Å². The summed E-state index contributed by atoms with van der Waals surface area (Å²) in [5.74, 6) is 2.05. The van der Waals surface area contributed by atoms with Gasteiger partial charge in [-0.25, -0.2) is 9.97 Å². The van der Waals surface area contributed by atoms with Crippen LogP contribution in [0.5, 0.6) is 0 Å². The fraction of sp³-hybridized carbons (Fsp3) is 0.476. The monoisotopic (exact) mass is 418 g/mol. The summed E-state index contributed by atoms with van der Waals surface area (Å²) in [7, 11) is 0. The number of nitrogens with one attached hydrogen (secondary N) is 1. The van der Waals surface area contributed by atoms with Gasteiger partial charge in [0.1, 0.15) is 11.0 Å². The number of thioether (sulfide) groups is 1. The van der Waals surface area contributed by atoms with Gasteiger partial charge in [-0.2, -0.15) is 0 Å². The Hall–Kier alpha value is -1.79. The average molecular weight is 419 g/mol. The molecule has 2 heterocycles. The quantitative estimate of drug-likeness (QED) is 0.397. The first-order valence-corrected chi connectivity index (χ1v) is 11.2. The molecule has 0 radical (unpaired) electrons. The van der Waals surface area contributed by atoms with E-state index in [0.29, 0.717) is 28.3 Å². The number of rotatable bonds is 7. The topological polar surface area (TPSA) is 58.1 Å². The Morgan fingerprint density at radius 1 is 1.18 bits per heavy atom. The van der Waals surface area contributed by atoms with Gasteiger partial charge < -0.3 is 10.2 Å². The van der Waals surface area contributed by atoms with Gasteiger partial charge in [0, 0.05) is 37.0 Å². The lowest BCUT2D eigenvalue weighted by Gasteiger charge is -2.27. The van der Waals surface area contributed by atoms with Crippen LogP contribution in [0.15, 0.2) is 35.5 Å². The lowest BCUT2D eigenvalue weighted by molar-refractivity contribution is 0.0949. The summed E-state index contributed by atoms with van der Waals surface area (Å²) < 4.78 is 0. The number of hydrogen-bond donors (Lipinski definition) is 1. The van der Waals surface area contributed by atoms with Crippen molar-refractivity contribution in [3.05, 3.63) is 46.6 Å². The highest BCUT2D eigenvalue weighted by atomic mass is 35.5. The predicted octanol–water partition coefficient (Wildman–Crippen LogP) is 4.80. The Balaban J connectivity index is 1.59. The molecule has 0 atom stereocenters. The number of amides is 1. The molecule has 1 aliphatic heterocycles. The molecule has 1 saturated heterocycles. The van der Waals surface area contributed by atoms with Gasteiger partial charge in [0.05, 0.1) is 0 Å². The highest BCUT2D eigenvalue weighted by molar-refractivity contribution is 7.98. The highest BCUT2D eigenvalue weighted by Crippen LogP contribution is 2.26. The zero-order chi connectivity index (χ0) is 19.9. The Kier molecular flexibility index (Phi) is 7.57. The van der Waals surface area contributed by atoms with Crippen LogP contribution in [0.25, 0.3) is 0 Å². The number of nitrogens with zero attached hydrogens (tertiary/aromatic N) is 3. The number of carbonyl (C=O) groups excluding carboxylic acids is 1. The summed E-state index contributed by atoms with van der Waals surface area (Å²) in [5.41, 5.74) is 1.80. The molecule has 0 unspecified atom stereocenters. The summed E-state index contributed by atoms with van der Waals surface area (Å²) in [6.45, 7) is 6.89. The molecule has 0 aliphatic carbocycles. The molecule has 1 aliphatic rings. The third kappa shape index (κ3) is 6.11. The van der Waals surface area contributed by atoms with E-state index in [1.165, 1.54) is 19.3 Å². The predicted molar refractivity (Wildman–Crippen MR) is 116 cm³/mol. The van der Waals surface area contributed by atoms with Gasteiger partial charge in [0.15, 0.2) is 5.16 Å². The second-order valence-corrected chi connectivity index (χ2v) is 8.80. The zero-order valence-electron chi connectivity index (χ0n) is 16.4. The standard InChI is InChI=1S/C21H27ClN4OS/c1-15(2)13-23-20(27)17-8-6-16(7-9-17)14-28-21-24-18(22)12-19(25-21)26-10-4-3-5-11-26/h6-9,12,15H,3-5,10-11,13-14H2,1-2H3,(H,23,27). The third-order valence-electron chi connectivity index (χ3n) is 4.60. The number of hydrogen-bond acceptors (Lipinski definition) is 5. The first-order chi connectivity index (χ1) is 13.5. The molecule has 1 aromatic heterocycles.